The van der Waals surface area contributed by atoms with Crippen molar-refractivity contribution in [3.8, 4) is 0 Å². The number of rotatable bonds is 8. The van der Waals surface area contributed by atoms with E-state index in [-0.39, 0.29) is 23.1 Å². The monoisotopic (exact) mass is 379 g/mol. The summed E-state index contributed by atoms with van der Waals surface area (Å²) in [7, 11) is -3.79. The Morgan fingerprint density at radius 3 is 2.31 bits per heavy atom. The molecule has 1 unspecified atom stereocenters. The van der Waals surface area contributed by atoms with E-state index < -0.39 is 15.8 Å². The van der Waals surface area contributed by atoms with Crippen molar-refractivity contribution in [2.24, 2.45) is 11.7 Å². The molecule has 4 N–H and O–H groups in total. The molecule has 2 rings (SSSR count). The van der Waals surface area contributed by atoms with Gasteiger partial charge in [0.05, 0.1) is 11.3 Å². The third-order valence-electron chi connectivity index (χ3n) is 3.74. The van der Waals surface area contributed by atoms with Crippen molar-refractivity contribution in [1.29, 1.82) is 0 Å². The largest absolute Gasteiger partial charge is 0.356 e. The molecule has 0 aliphatic heterocycles. The van der Waals surface area contributed by atoms with Crippen LogP contribution in [0.3, 0.4) is 0 Å². The summed E-state index contributed by atoms with van der Waals surface area (Å²) in [5.41, 5.74) is 6.62. The van der Waals surface area contributed by atoms with Crippen molar-refractivity contribution >= 4 is 21.6 Å². The van der Waals surface area contributed by atoms with Gasteiger partial charge in [-0.25, -0.2) is 12.8 Å². The first-order valence-electron chi connectivity index (χ1n) is 8.14. The average molecular weight is 379 g/mol. The first kappa shape index (κ1) is 19.9. The summed E-state index contributed by atoms with van der Waals surface area (Å²) in [6.45, 7) is 2.97. The lowest BCUT2D eigenvalue weighted by atomic mass is 10.1. The third kappa shape index (κ3) is 5.82. The molecule has 0 aromatic heterocycles. The van der Waals surface area contributed by atoms with Crippen LogP contribution in [0.1, 0.15) is 12.5 Å². The Morgan fingerprint density at radius 2 is 1.73 bits per heavy atom. The Labute approximate surface area is 152 Å². The summed E-state index contributed by atoms with van der Waals surface area (Å²) >= 11 is 0. The Kier molecular flexibility index (Phi) is 6.70. The molecule has 0 heterocycles. The molecule has 2 aromatic carbocycles. The molecule has 1 amide bonds. The second-order valence-electron chi connectivity index (χ2n) is 6.08. The van der Waals surface area contributed by atoms with Crippen LogP contribution >= 0.6 is 0 Å². The van der Waals surface area contributed by atoms with Crippen LogP contribution in [-0.4, -0.2) is 27.4 Å². The van der Waals surface area contributed by atoms with Crippen molar-refractivity contribution in [2.45, 2.75) is 18.2 Å². The molecule has 140 valence electrons. The number of nitrogens with one attached hydrogen (secondary N) is 2. The molecular weight excluding hydrogens is 357 g/mol. The van der Waals surface area contributed by atoms with Gasteiger partial charge in [0.1, 0.15) is 5.82 Å². The van der Waals surface area contributed by atoms with E-state index in [0.29, 0.717) is 18.8 Å². The summed E-state index contributed by atoms with van der Waals surface area (Å²) in [4.78, 5) is 11.8. The van der Waals surface area contributed by atoms with E-state index in [1.807, 2.05) is 6.92 Å². The molecule has 1 atom stereocenters. The predicted octanol–water partition coefficient (Wildman–Crippen LogP) is 1.88. The van der Waals surface area contributed by atoms with Crippen LogP contribution in [0, 0.1) is 11.7 Å². The van der Waals surface area contributed by atoms with Crippen LogP contribution in [0.25, 0.3) is 0 Å². The lowest BCUT2D eigenvalue weighted by Crippen LogP contribution is -2.32. The zero-order valence-corrected chi connectivity index (χ0v) is 15.2. The lowest BCUT2D eigenvalue weighted by molar-refractivity contribution is -0.120. The molecule has 8 heteroatoms. The number of hydrogen-bond acceptors (Lipinski definition) is 4. The van der Waals surface area contributed by atoms with Crippen molar-refractivity contribution in [3.63, 3.8) is 0 Å². The minimum Gasteiger partial charge on any atom is -0.356 e. The van der Waals surface area contributed by atoms with Gasteiger partial charge in [-0.05, 0) is 54.4 Å². The van der Waals surface area contributed by atoms with E-state index in [0.717, 1.165) is 17.7 Å². The summed E-state index contributed by atoms with van der Waals surface area (Å²) in [5, 5.41) is 2.80. The molecule has 2 aromatic rings. The normalized spacial score (nSPS) is 12.4. The van der Waals surface area contributed by atoms with Crippen molar-refractivity contribution < 1.29 is 17.6 Å². The van der Waals surface area contributed by atoms with E-state index in [9.17, 15) is 17.6 Å². The van der Waals surface area contributed by atoms with Crippen LogP contribution in [0.5, 0.6) is 0 Å². The number of amides is 1. The van der Waals surface area contributed by atoms with Gasteiger partial charge in [-0.1, -0.05) is 19.1 Å². The second kappa shape index (κ2) is 8.77. The van der Waals surface area contributed by atoms with Gasteiger partial charge in [-0.2, -0.15) is 0 Å². The van der Waals surface area contributed by atoms with Gasteiger partial charge in [-0.15, -0.1) is 0 Å². The second-order valence-corrected chi connectivity index (χ2v) is 7.76. The average Bonchev–Trinajstić information content (AvgIpc) is 2.61. The Morgan fingerprint density at radius 1 is 1.12 bits per heavy atom. The minimum absolute atomic E-state index is 0.0311. The van der Waals surface area contributed by atoms with E-state index in [2.05, 4.69) is 10.0 Å². The number of anilines is 1. The fraction of sp³-hybridized carbons (Fsp3) is 0.278. The number of sulfonamides is 1. The van der Waals surface area contributed by atoms with Gasteiger partial charge in [0.2, 0.25) is 5.91 Å². The smallest absolute Gasteiger partial charge is 0.261 e. The molecule has 0 radical (unpaired) electrons. The topological polar surface area (TPSA) is 101 Å². The van der Waals surface area contributed by atoms with Crippen molar-refractivity contribution in [2.75, 3.05) is 17.8 Å². The van der Waals surface area contributed by atoms with E-state index in [1.165, 1.54) is 12.1 Å². The van der Waals surface area contributed by atoms with Crippen LogP contribution in [0.4, 0.5) is 10.1 Å². The Bertz CT molecular complexity index is 837. The molecule has 0 aliphatic carbocycles. The molecule has 0 fully saturated rings. The predicted molar refractivity (Wildman–Crippen MR) is 98.6 cm³/mol. The number of carbonyl (C=O) groups is 1. The number of benzene rings is 2. The fourth-order valence-electron chi connectivity index (χ4n) is 2.14. The Balaban J connectivity index is 1.96. The molecule has 0 spiro atoms. The van der Waals surface area contributed by atoms with Gasteiger partial charge < -0.3 is 11.1 Å². The van der Waals surface area contributed by atoms with Gasteiger partial charge in [-0.3, -0.25) is 9.52 Å². The van der Waals surface area contributed by atoms with E-state index >= 15 is 0 Å². The number of carbonyl (C=O) groups excluding carboxylic acids is 1. The highest BCUT2D eigenvalue weighted by atomic mass is 32.2. The first-order chi connectivity index (χ1) is 12.3. The fourth-order valence-corrected chi connectivity index (χ4v) is 3.20. The van der Waals surface area contributed by atoms with Crippen LogP contribution in [0.15, 0.2) is 53.4 Å². The van der Waals surface area contributed by atoms with E-state index in [4.69, 9.17) is 5.73 Å². The van der Waals surface area contributed by atoms with Crippen LogP contribution in [0.2, 0.25) is 0 Å². The molecule has 0 saturated carbocycles. The SMILES string of the molecule is CC(CN)CNC(=O)Cc1ccc(NS(=O)(=O)c2ccc(F)cc2)cc1. The highest BCUT2D eigenvalue weighted by Crippen LogP contribution is 2.17. The van der Waals surface area contributed by atoms with Crippen molar-refractivity contribution in [1.82, 2.24) is 5.32 Å². The maximum absolute atomic E-state index is 12.9. The molecular formula is C18H22FN3O3S. The summed E-state index contributed by atoms with van der Waals surface area (Å²) in [5.74, 6) is -0.417. The molecule has 0 bridgehead atoms. The van der Waals surface area contributed by atoms with Gasteiger partial charge in [0, 0.05) is 12.2 Å². The van der Waals surface area contributed by atoms with Crippen LogP contribution in [-0.2, 0) is 21.2 Å². The number of nitrogens with two attached hydrogens (primary N) is 1. The van der Waals surface area contributed by atoms with Crippen molar-refractivity contribution in [3.05, 3.63) is 59.9 Å². The van der Waals surface area contributed by atoms with Gasteiger partial charge >= 0.3 is 0 Å². The minimum atomic E-state index is -3.79. The van der Waals surface area contributed by atoms with Gasteiger partial charge in [0.15, 0.2) is 0 Å². The molecule has 6 nitrogen and oxygen atoms in total. The molecule has 0 saturated heterocycles. The zero-order valence-electron chi connectivity index (χ0n) is 14.4. The van der Waals surface area contributed by atoms with Crippen LogP contribution < -0.4 is 15.8 Å². The molecule has 0 aliphatic rings. The summed E-state index contributed by atoms with van der Waals surface area (Å²) in [6, 6.07) is 11.1. The highest BCUT2D eigenvalue weighted by Gasteiger charge is 2.14. The van der Waals surface area contributed by atoms with Gasteiger partial charge in [0.25, 0.3) is 10.0 Å². The number of halogens is 1. The standard InChI is InChI=1S/C18H22FN3O3S/c1-13(11-20)12-21-18(23)10-14-2-6-16(7-3-14)22-26(24,25)17-8-4-15(19)5-9-17/h2-9,13,22H,10-12,20H2,1H3,(H,21,23). The third-order valence-corrected chi connectivity index (χ3v) is 5.14. The first-order valence-corrected chi connectivity index (χ1v) is 9.62. The quantitative estimate of drug-likeness (QED) is 0.652. The maximum Gasteiger partial charge on any atom is 0.261 e. The lowest BCUT2D eigenvalue weighted by Gasteiger charge is -2.11. The summed E-state index contributed by atoms with van der Waals surface area (Å²) in [6.07, 6.45) is 0.197. The maximum atomic E-state index is 12.9. The van der Waals surface area contributed by atoms with E-state index in [1.54, 1.807) is 24.3 Å². The molecule has 26 heavy (non-hydrogen) atoms. The summed E-state index contributed by atoms with van der Waals surface area (Å²) < 4.78 is 39.8. The Hall–Kier alpha value is -2.45. The highest BCUT2D eigenvalue weighted by molar-refractivity contribution is 7.92. The zero-order chi connectivity index (χ0) is 19.2. The number of hydrogen-bond donors (Lipinski definition) is 3.